The first-order valence-electron chi connectivity index (χ1n) is 6.81. The lowest BCUT2D eigenvalue weighted by atomic mass is 10.1. The lowest BCUT2D eigenvalue weighted by Gasteiger charge is -2.20. The van der Waals surface area contributed by atoms with Crippen molar-refractivity contribution in [1.82, 2.24) is 0 Å². The highest BCUT2D eigenvalue weighted by Crippen LogP contribution is 2.38. The summed E-state index contributed by atoms with van der Waals surface area (Å²) in [5.74, 6) is 1.45. The van der Waals surface area contributed by atoms with Crippen LogP contribution in [-0.4, -0.2) is 13.2 Å². The third-order valence-corrected chi connectivity index (χ3v) is 3.33. The Bertz CT molecular complexity index is 626. The van der Waals surface area contributed by atoms with Crippen molar-refractivity contribution in [3.63, 3.8) is 0 Å². The molecule has 0 bridgehead atoms. The molecule has 0 spiro atoms. The molecule has 0 saturated carbocycles. The maximum atomic E-state index is 6.06. The number of aryl methyl sites for hydroxylation is 1. The van der Waals surface area contributed by atoms with E-state index in [1.165, 1.54) is 5.56 Å². The Labute approximate surface area is 118 Å². The molecule has 1 aliphatic rings. The molecule has 0 aromatic heterocycles. The van der Waals surface area contributed by atoms with Gasteiger partial charge in [0.2, 0.25) is 0 Å². The van der Waals surface area contributed by atoms with Gasteiger partial charge in [-0.3, -0.25) is 0 Å². The molecular weight excluding hydrogens is 252 g/mol. The number of hydrogen-bond acceptors (Lipinski definition) is 4. The number of nitrogen functional groups attached to an aromatic ring is 1. The summed E-state index contributed by atoms with van der Waals surface area (Å²) in [6.07, 6.45) is 1.01. The van der Waals surface area contributed by atoms with Gasteiger partial charge in [0.25, 0.3) is 0 Å². The number of fused-ring (bicyclic) bond motifs is 1. The Morgan fingerprint density at radius 3 is 2.60 bits per heavy atom. The third-order valence-electron chi connectivity index (χ3n) is 3.33. The molecule has 0 radical (unpaired) electrons. The molecule has 0 aliphatic carbocycles. The molecule has 0 saturated heterocycles. The minimum absolute atomic E-state index is 0.567. The molecule has 104 valence electrons. The zero-order valence-electron chi connectivity index (χ0n) is 11.5. The van der Waals surface area contributed by atoms with Crippen LogP contribution in [0, 0.1) is 0 Å². The third kappa shape index (κ3) is 2.50. The van der Waals surface area contributed by atoms with Gasteiger partial charge in [-0.25, -0.2) is 0 Å². The van der Waals surface area contributed by atoms with E-state index in [2.05, 4.69) is 24.4 Å². The SMILES string of the molecule is CCc1cccc(Nc2cc3c(cc2N)OCCO3)c1. The molecule has 0 fully saturated rings. The average molecular weight is 270 g/mol. The molecule has 0 unspecified atom stereocenters. The second kappa shape index (κ2) is 5.33. The van der Waals surface area contributed by atoms with E-state index >= 15 is 0 Å². The van der Waals surface area contributed by atoms with Crippen LogP contribution in [0.3, 0.4) is 0 Å². The van der Waals surface area contributed by atoms with E-state index in [1.54, 1.807) is 6.07 Å². The molecule has 1 heterocycles. The summed E-state index contributed by atoms with van der Waals surface area (Å²) in [5, 5.41) is 3.34. The van der Waals surface area contributed by atoms with Crippen LogP contribution in [-0.2, 0) is 6.42 Å². The molecule has 3 N–H and O–H groups in total. The van der Waals surface area contributed by atoms with Crippen LogP contribution in [0.25, 0.3) is 0 Å². The van der Waals surface area contributed by atoms with Gasteiger partial charge < -0.3 is 20.5 Å². The molecule has 2 aromatic carbocycles. The molecule has 4 nitrogen and oxygen atoms in total. The lowest BCUT2D eigenvalue weighted by molar-refractivity contribution is 0.172. The van der Waals surface area contributed by atoms with E-state index in [0.717, 1.165) is 23.5 Å². The van der Waals surface area contributed by atoms with Gasteiger partial charge in [0, 0.05) is 17.8 Å². The van der Waals surface area contributed by atoms with Crippen LogP contribution in [0.2, 0.25) is 0 Å². The Morgan fingerprint density at radius 2 is 1.85 bits per heavy atom. The largest absolute Gasteiger partial charge is 0.486 e. The smallest absolute Gasteiger partial charge is 0.163 e. The summed E-state index contributed by atoms with van der Waals surface area (Å²) in [6, 6.07) is 12.0. The van der Waals surface area contributed by atoms with Gasteiger partial charge in [-0.2, -0.15) is 0 Å². The maximum absolute atomic E-state index is 6.06. The summed E-state index contributed by atoms with van der Waals surface area (Å²) in [7, 11) is 0. The first kappa shape index (κ1) is 12.7. The first-order valence-corrected chi connectivity index (χ1v) is 6.81. The number of hydrogen-bond donors (Lipinski definition) is 2. The maximum Gasteiger partial charge on any atom is 0.163 e. The minimum Gasteiger partial charge on any atom is -0.486 e. The van der Waals surface area contributed by atoms with Crippen LogP contribution in [0.1, 0.15) is 12.5 Å². The van der Waals surface area contributed by atoms with Crippen LogP contribution in [0.4, 0.5) is 17.1 Å². The Morgan fingerprint density at radius 1 is 1.10 bits per heavy atom. The van der Waals surface area contributed by atoms with Gasteiger partial charge in [-0.15, -0.1) is 0 Å². The number of nitrogens with two attached hydrogens (primary N) is 1. The van der Waals surface area contributed by atoms with E-state index in [1.807, 2.05) is 18.2 Å². The minimum atomic E-state index is 0.567. The van der Waals surface area contributed by atoms with Gasteiger partial charge in [0.1, 0.15) is 13.2 Å². The Kier molecular flexibility index (Phi) is 3.37. The fraction of sp³-hybridized carbons (Fsp3) is 0.250. The van der Waals surface area contributed by atoms with Crippen molar-refractivity contribution >= 4 is 17.1 Å². The number of ether oxygens (including phenoxy) is 2. The van der Waals surface area contributed by atoms with Crippen molar-refractivity contribution in [3.8, 4) is 11.5 Å². The highest BCUT2D eigenvalue weighted by Gasteiger charge is 2.14. The predicted octanol–water partition coefficient (Wildman–Crippen LogP) is 3.35. The second-order valence-corrected chi connectivity index (χ2v) is 4.76. The normalized spacial score (nSPS) is 13.1. The Hall–Kier alpha value is -2.36. The zero-order chi connectivity index (χ0) is 13.9. The van der Waals surface area contributed by atoms with Crippen molar-refractivity contribution in [2.75, 3.05) is 24.3 Å². The van der Waals surface area contributed by atoms with Gasteiger partial charge in [0.15, 0.2) is 11.5 Å². The quantitative estimate of drug-likeness (QED) is 0.840. The monoisotopic (exact) mass is 270 g/mol. The van der Waals surface area contributed by atoms with Crippen molar-refractivity contribution < 1.29 is 9.47 Å². The molecule has 1 aliphatic heterocycles. The lowest BCUT2D eigenvalue weighted by Crippen LogP contribution is -2.15. The molecule has 4 heteroatoms. The topological polar surface area (TPSA) is 56.5 Å². The molecule has 3 rings (SSSR count). The summed E-state index contributed by atoms with van der Waals surface area (Å²) < 4.78 is 11.1. The fourth-order valence-electron chi connectivity index (χ4n) is 2.24. The van der Waals surface area contributed by atoms with Crippen LogP contribution < -0.4 is 20.5 Å². The summed E-state index contributed by atoms with van der Waals surface area (Å²) in [4.78, 5) is 0. The van der Waals surface area contributed by atoms with Crippen molar-refractivity contribution in [1.29, 1.82) is 0 Å². The van der Waals surface area contributed by atoms with E-state index in [0.29, 0.717) is 24.7 Å². The van der Waals surface area contributed by atoms with E-state index in [9.17, 15) is 0 Å². The van der Waals surface area contributed by atoms with Crippen molar-refractivity contribution in [2.24, 2.45) is 0 Å². The summed E-state index contributed by atoms with van der Waals surface area (Å²) in [6.45, 7) is 3.27. The molecule has 0 amide bonds. The summed E-state index contributed by atoms with van der Waals surface area (Å²) in [5.41, 5.74) is 9.85. The predicted molar refractivity (Wildman–Crippen MR) is 80.9 cm³/mol. The highest BCUT2D eigenvalue weighted by atomic mass is 16.6. The fourth-order valence-corrected chi connectivity index (χ4v) is 2.24. The molecular formula is C16H18N2O2. The van der Waals surface area contributed by atoms with Gasteiger partial charge in [-0.05, 0) is 24.1 Å². The van der Waals surface area contributed by atoms with E-state index < -0.39 is 0 Å². The van der Waals surface area contributed by atoms with Gasteiger partial charge >= 0.3 is 0 Å². The molecule has 0 atom stereocenters. The first-order chi connectivity index (χ1) is 9.76. The van der Waals surface area contributed by atoms with Crippen molar-refractivity contribution in [3.05, 3.63) is 42.0 Å². The number of rotatable bonds is 3. The van der Waals surface area contributed by atoms with Gasteiger partial charge in [-0.1, -0.05) is 19.1 Å². The molecule has 2 aromatic rings. The standard InChI is InChI=1S/C16H18N2O2/c1-2-11-4-3-5-12(8-11)18-14-10-16-15(9-13(14)17)19-6-7-20-16/h3-5,8-10,18H,2,6-7,17H2,1H3. The number of anilines is 3. The Balaban J connectivity index is 1.90. The van der Waals surface area contributed by atoms with E-state index in [-0.39, 0.29) is 0 Å². The van der Waals surface area contributed by atoms with Gasteiger partial charge in [0.05, 0.1) is 11.4 Å². The number of nitrogens with one attached hydrogen (secondary N) is 1. The second-order valence-electron chi connectivity index (χ2n) is 4.76. The molecule has 20 heavy (non-hydrogen) atoms. The van der Waals surface area contributed by atoms with E-state index in [4.69, 9.17) is 15.2 Å². The highest BCUT2D eigenvalue weighted by molar-refractivity contribution is 5.76. The van der Waals surface area contributed by atoms with Crippen LogP contribution in [0.5, 0.6) is 11.5 Å². The average Bonchev–Trinajstić information content (AvgIpc) is 2.48. The van der Waals surface area contributed by atoms with Crippen LogP contribution >= 0.6 is 0 Å². The van der Waals surface area contributed by atoms with Crippen molar-refractivity contribution in [2.45, 2.75) is 13.3 Å². The number of benzene rings is 2. The zero-order valence-corrected chi connectivity index (χ0v) is 11.5. The summed E-state index contributed by atoms with van der Waals surface area (Å²) >= 11 is 0. The van der Waals surface area contributed by atoms with Crippen LogP contribution in [0.15, 0.2) is 36.4 Å².